The molecule has 2 aromatic heterocycles. The summed E-state index contributed by atoms with van der Waals surface area (Å²) in [6.45, 7) is 2.52. The number of amides is 1. The Morgan fingerprint density at radius 2 is 1.75 bits per heavy atom. The molecule has 138 valence electrons. The van der Waals surface area contributed by atoms with E-state index < -0.39 is 5.91 Å². The lowest BCUT2D eigenvalue weighted by molar-refractivity contribution is 0.0998. The molecule has 0 aliphatic rings. The summed E-state index contributed by atoms with van der Waals surface area (Å²) in [5.74, 6) is -0.482. The van der Waals surface area contributed by atoms with Crippen molar-refractivity contribution in [1.29, 1.82) is 0 Å². The maximum atomic E-state index is 12.9. The number of benzene rings is 2. The van der Waals surface area contributed by atoms with E-state index in [-0.39, 0.29) is 5.78 Å². The van der Waals surface area contributed by atoms with Crippen molar-refractivity contribution in [2.45, 2.75) is 13.5 Å². The van der Waals surface area contributed by atoms with Crippen molar-refractivity contribution < 1.29 is 9.59 Å². The van der Waals surface area contributed by atoms with Crippen LogP contribution in [0.15, 0.2) is 73.1 Å². The van der Waals surface area contributed by atoms with Crippen molar-refractivity contribution in [3.8, 4) is 0 Å². The van der Waals surface area contributed by atoms with E-state index in [1.165, 1.54) is 0 Å². The largest absolute Gasteiger partial charge is 0.366 e. The fourth-order valence-corrected chi connectivity index (χ4v) is 3.21. The molecule has 0 aliphatic heterocycles. The summed E-state index contributed by atoms with van der Waals surface area (Å²) in [7, 11) is 0. The number of fused-ring (bicyclic) bond motifs is 1. The standard InChI is InChI=1S/C23H19N3O2/c1-15-4-6-17(7-5-15)22(27)21-3-2-10-26(21)14-16-11-18-8-9-19(23(24)28)12-20(18)25-13-16/h2-13H,14H2,1H3,(H2,24,28). The van der Waals surface area contributed by atoms with E-state index >= 15 is 0 Å². The number of carbonyl (C=O) groups is 2. The number of rotatable bonds is 5. The van der Waals surface area contributed by atoms with Gasteiger partial charge in [0.1, 0.15) is 0 Å². The van der Waals surface area contributed by atoms with Gasteiger partial charge in [-0.15, -0.1) is 0 Å². The van der Waals surface area contributed by atoms with Gasteiger partial charge in [0, 0.05) is 35.5 Å². The summed E-state index contributed by atoms with van der Waals surface area (Å²) in [5, 5.41) is 0.918. The van der Waals surface area contributed by atoms with E-state index in [9.17, 15) is 9.59 Å². The van der Waals surface area contributed by atoms with Gasteiger partial charge in [-0.05, 0) is 42.8 Å². The molecule has 0 saturated heterocycles. The molecular weight excluding hydrogens is 350 g/mol. The molecule has 5 heteroatoms. The Bertz CT molecular complexity index is 1190. The fourth-order valence-electron chi connectivity index (χ4n) is 3.21. The molecule has 4 aromatic rings. The average Bonchev–Trinajstić information content (AvgIpc) is 3.15. The SMILES string of the molecule is Cc1ccc(C(=O)c2cccn2Cc2cnc3cc(C(N)=O)ccc3c2)cc1. The van der Waals surface area contributed by atoms with Gasteiger partial charge in [-0.1, -0.05) is 35.9 Å². The molecule has 2 aromatic carbocycles. The van der Waals surface area contributed by atoms with Gasteiger partial charge in [0.15, 0.2) is 0 Å². The van der Waals surface area contributed by atoms with Crippen molar-refractivity contribution in [2.24, 2.45) is 5.73 Å². The first kappa shape index (κ1) is 17.7. The highest BCUT2D eigenvalue weighted by molar-refractivity contribution is 6.08. The number of pyridine rings is 1. The first-order valence-electron chi connectivity index (χ1n) is 8.96. The minimum Gasteiger partial charge on any atom is -0.366 e. The summed E-state index contributed by atoms with van der Waals surface area (Å²) >= 11 is 0. The van der Waals surface area contributed by atoms with Crippen LogP contribution in [0.5, 0.6) is 0 Å². The summed E-state index contributed by atoms with van der Waals surface area (Å²) in [6, 6.07) is 18.5. The quantitative estimate of drug-likeness (QED) is 0.545. The second-order valence-electron chi connectivity index (χ2n) is 6.83. The molecule has 0 radical (unpaired) electrons. The fraction of sp³-hybridized carbons (Fsp3) is 0.0870. The first-order valence-corrected chi connectivity index (χ1v) is 8.96. The molecule has 5 nitrogen and oxygen atoms in total. The molecule has 4 rings (SSSR count). The molecule has 0 fully saturated rings. The molecular formula is C23H19N3O2. The number of nitrogens with zero attached hydrogens (tertiary/aromatic N) is 2. The number of carbonyl (C=O) groups excluding carboxylic acids is 2. The second-order valence-corrected chi connectivity index (χ2v) is 6.83. The van der Waals surface area contributed by atoms with Crippen molar-refractivity contribution in [3.63, 3.8) is 0 Å². The van der Waals surface area contributed by atoms with E-state index in [0.717, 1.165) is 16.5 Å². The van der Waals surface area contributed by atoms with Crippen molar-refractivity contribution >= 4 is 22.6 Å². The van der Waals surface area contributed by atoms with Crippen molar-refractivity contribution in [3.05, 3.63) is 101 Å². The Labute approximate surface area is 162 Å². The van der Waals surface area contributed by atoms with Gasteiger partial charge in [-0.3, -0.25) is 14.6 Å². The molecule has 0 atom stereocenters. The number of ketones is 1. The number of aryl methyl sites for hydroxylation is 1. The highest BCUT2D eigenvalue weighted by atomic mass is 16.1. The molecule has 1 amide bonds. The normalized spacial score (nSPS) is 10.9. The third-order valence-corrected chi connectivity index (χ3v) is 4.75. The third kappa shape index (κ3) is 3.42. The number of hydrogen-bond acceptors (Lipinski definition) is 3. The average molecular weight is 369 g/mol. The van der Waals surface area contributed by atoms with Crippen LogP contribution in [0.4, 0.5) is 0 Å². The Kier molecular flexibility index (Phi) is 4.49. The Morgan fingerprint density at radius 3 is 2.50 bits per heavy atom. The van der Waals surface area contributed by atoms with Gasteiger partial charge in [-0.25, -0.2) is 0 Å². The topological polar surface area (TPSA) is 78.0 Å². The van der Waals surface area contributed by atoms with Crippen LogP contribution in [-0.4, -0.2) is 21.2 Å². The Hall–Kier alpha value is -3.73. The van der Waals surface area contributed by atoms with E-state index in [1.807, 2.05) is 66.2 Å². The molecule has 2 heterocycles. The van der Waals surface area contributed by atoms with Gasteiger partial charge in [0.05, 0.1) is 11.2 Å². The van der Waals surface area contributed by atoms with Crippen molar-refractivity contribution in [2.75, 3.05) is 0 Å². The van der Waals surface area contributed by atoms with Crippen LogP contribution in [0.2, 0.25) is 0 Å². The summed E-state index contributed by atoms with van der Waals surface area (Å²) in [5.41, 5.74) is 9.86. The van der Waals surface area contributed by atoms with E-state index in [2.05, 4.69) is 4.98 Å². The molecule has 0 saturated carbocycles. The van der Waals surface area contributed by atoms with Crippen LogP contribution in [0.3, 0.4) is 0 Å². The summed E-state index contributed by atoms with van der Waals surface area (Å²) < 4.78 is 1.92. The van der Waals surface area contributed by atoms with Crippen LogP contribution >= 0.6 is 0 Å². The van der Waals surface area contributed by atoms with Gasteiger partial charge in [0.2, 0.25) is 11.7 Å². The van der Waals surface area contributed by atoms with Crippen LogP contribution in [-0.2, 0) is 6.54 Å². The molecule has 28 heavy (non-hydrogen) atoms. The third-order valence-electron chi connectivity index (χ3n) is 4.75. The number of primary amides is 1. The zero-order chi connectivity index (χ0) is 19.7. The van der Waals surface area contributed by atoms with Crippen LogP contribution < -0.4 is 5.73 Å². The van der Waals surface area contributed by atoms with E-state index in [0.29, 0.717) is 28.9 Å². The number of hydrogen-bond donors (Lipinski definition) is 1. The molecule has 0 unspecified atom stereocenters. The summed E-state index contributed by atoms with van der Waals surface area (Å²) in [6.07, 6.45) is 3.65. The summed E-state index contributed by atoms with van der Waals surface area (Å²) in [4.78, 5) is 28.6. The maximum absolute atomic E-state index is 12.9. The first-order chi connectivity index (χ1) is 13.5. The minimum atomic E-state index is -0.473. The van der Waals surface area contributed by atoms with Gasteiger partial charge < -0.3 is 10.3 Å². The number of aromatic nitrogens is 2. The molecule has 2 N–H and O–H groups in total. The Morgan fingerprint density at radius 1 is 1.00 bits per heavy atom. The highest BCUT2D eigenvalue weighted by Gasteiger charge is 2.14. The predicted octanol–water partition coefficient (Wildman–Crippen LogP) is 3.72. The van der Waals surface area contributed by atoms with E-state index in [4.69, 9.17) is 5.73 Å². The lowest BCUT2D eigenvalue weighted by atomic mass is 10.1. The Balaban J connectivity index is 1.62. The second kappa shape index (κ2) is 7.12. The lowest BCUT2D eigenvalue weighted by Crippen LogP contribution is -2.11. The maximum Gasteiger partial charge on any atom is 0.248 e. The van der Waals surface area contributed by atoms with Gasteiger partial charge in [0.25, 0.3) is 0 Å². The van der Waals surface area contributed by atoms with E-state index in [1.54, 1.807) is 18.3 Å². The zero-order valence-corrected chi connectivity index (χ0v) is 15.4. The molecule has 0 bridgehead atoms. The van der Waals surface area contributed by atoms with Crippen LogP contribution in [0.25, 0.3) is 10.9 Å². The van der Waals surface area contributed by atoms with Gasteiger partial charge >= 0.3 is 0 Å². The minimum absolute atomic E-state index is 0.00940. The predicted molar refractivity (Wildman–Crippen MR) is 108 cm³/mol. The van der Waals surface area contributed by atoms with Crippen molar-refractivity contribution in [1.82, 2.24) is 9.55 Å². The van der Waals surface area contributed by atoms with Crippen LogP contribution in [0.1, 0.15) is 37.5 Å². The monoisotopic (exact) mass is 369 g/mol. The lowest BCUT2D eigenvalue weighted by Gasteiger charge is -2.10. The molecule has 0 aliphatic carbocycles. The highest BCUT2D eigenvalue weighted by Crippen LogP contribution is 2.18. The smallest absolute Gasteiger partial charge is 0.248 e. The molecule has 0 spiro atoms. The number of nitrogens with two attached hydrogens (primary N) is 1. The van der Waals surface area contributed by atoms with Crippen LogP contribution in [0, 0.1) is 6.92 Å². The zero-order valence-electron chi connectivity index (χ0n) is 15.4. The van der Waals surface area contributed by atoms with Gasteiger partial charge in [-0.2, -0.15) is 0 Å².